The van der Waals surface area contributed by atoms with Gasteiger partial charge in [0.1, 0.15) is 24.1 Å². The van der Waals surface area contributed by atoms with Crippen molar-refractivity contribution in [2.24, 2.45) is 0 Å². The molecular weight excluding hydrogens is 581 g/mol. The second kappa shape index (κ2) is 12.6. The van der Waals surface area contributed by atoms with Gasteiger partial charge in [-0.15, -0.1) is 0 Å². The third-order valence-corrected chi connectivity index (χ3v) is 9.06. The molecule has 1 saturated heterocycles. The molecule has 1 aromatic carbocycles. The van der Waals surface area contributed by atoms with Crippen molar-refractivity contribution in [1.82, 2.24) is 19.7 Å². The first-order valence-corrected chi connectivity index (χ1v) is 15.2. The lowest BCUT2D eigenvalue weighted by molar-refractivity contribution is -0.131. The van der Waals surface area contributed by atoms with Crippen molar-refractivity contribution in [2.45, 2.75) is 68.2 Å². The van der Waals surface area contributed by atoms with Crippen molar-refractivity contribution < 1.29 is 43.9 Å². The van der Waals surface area contributed by atoms with Crippen LogP contribution < -0.4 is 5.32 Å². The van der Waals surface area contributed by atoms with Crippen LogP contribution >= 0.6 is 19.2 Å². The molecule has 5 rings (SSSR count). The number of hydrogen-bond donors (Lipinski definition) is 6. The van der Waals surface area contributed by atoms with Gasteiger partial charge in [-0.05, 0) is 30.0 Å². The van der Waals surface area contributed by atoms with Gasteiger partial charge in [-0.25, -0.2) is 4.68 Å². The molecule has 41 heavy (non-hydrogen) atoms. The maximum absolute atomic E-state index is 12.4. The van der Waals surface area contributed by atoms with Crippen molar-refractivity contribution in [2.75, 3.05) is 25.1 Å². The predicted molar refractivity (Wildman–Crippen MR) is 146 cm³/mol. The SMILES string of the molecule is O=P(O)(O)[C@@](CO)(COCc1ccccc1)OC[C@H]1O[C@@H](n2ncc3c(NC4CCCC4)nc(Cl)nc32)[C@H](O)[C@@H]1O. The zero-order valence-corrected chi connectivity index (χ0v) is 23.6. The first-order valence-electron chi connectivity index (χ1n) is 13.2. The molecule has 1 saturated carbocycles. The Morgan fingerprint density at radius 1 is 1.15 bits per heavy atom. The summed E-state index contributed by atoms with van der Waals surface area (Å²) < 4.78 is 30.5. The number of fused-ring (bicyclic) bond motifs is 1. The third kappa shape index (κ3) is 6.42. The molecule has 3 heterocycles. The van der Waals surface area contributed by atoms with Gasteiger partial charge < -0.3 is 44.6 Å². The van der Waals surface area contributed by atoms with Gasteiger partial charge >= 0.3 is 7.60 Å². The van der Waals surface area contributed by atoms with Gasteiger partial charge in [-0.3, -0.25) is 4.57 Å². The maximum Gasteiger partial charge on any atom is 0.361 e. The summed E-state index contributed by atoms with van der Waals surface area (Å²) in [6.45, 7) is -2.29. The summed E-state index contributed by atoms with van der Waals surface area (Å²) >= 11 is 6.19. The van der Waals surface area contributed by atoms with Crippen LogP contribution in [0.15, 0.2) is 36.5 Å². The fraction of sp³-hybridized carbons (Fsp3) is 0.560. The van der Waals surface area contributed by atoms with Crippen LogP contribution in [-0.2, 0) is 25.4 Å². The molecule has 224 valence electrons. The molecule has 2 aliphatic rings. The minimum atomic E-state index is -5.09. The van der Waals surface area contributed by atoms with Crippen LogP contribution in [0.2, 0.25) is 5.28 Å². The average molecular weight is 614 g/mol. The van der Waals surface area contributed by atoms with Crippen LogP contribution in [0, 0.1) is 0 Å². The monoisotopic (exact) mass is 613 g/mol. The lowest BCUT2D eigenvalue weighted by Gasteiger charge is -2.33. The number of rotatable bonds is 12. The van der Waals surface area contributed by atoms with Gasteiger partial charge in [0.15, 0.2) is 11.9 Å². The first-order chi connectivity index (χ1) is 19.6. The molecule has 2 fully saturated rings. The summed E-state index contributed by atoms with van der Waals surface area (Å²) in [6.07, 6.45) is 0.230. The summed E-state index contributed by atoms with van der Waals surface area (Å²) in [4.78, 5) is 28.6. The van der Waals surface area contributed by atoms with Gasteiger partial charge in [0.25, 0.3) is 0 Å². The van der Waals surface area contributed by atoms with Gasteiger partial charge in [-0.2, -0.15) is 15.1 Å². The Morgan fingerprint density at radius 3 is 2.56 bits per heavy atom. The lowest BCUT2D eigenvalue weighted by atomic mass is 10.1. The van der Waals surface area contributed by atoms with Gasteiger partial charge in [0.2, 0.25) is 10.6 Å². The number of hydrogen-bond acceptors (Lipinski definition) is 11. The molecule has 0 spiro atoms. The number of halogens is 1. The summed E-state index contributed by atoms with van der Waals surface area (Å²) in [5.41, 5.74) is 1.01. The molecule has 6 N–H and O–H groups in total. The third-order valence-electron chi connectivity index (χ3n) is 7.43. The van der Waals surface area contributed by atoms with E-state index in [1.807, 2.05) is 6.07 Å². The summed E-state index contributed by atoms with van der Waals surface area (Å²) in [5, 5.41) is 37.3. The molecule has 1 aliphatic carbocycles. The van der Waals surface area contributed by atoms with E-state index in [2.05, 4.69) is 20.4 Å². The van der Waals surface area contributed by atoms with Crippen molar-refractivity contribution in [3.63, 3.8) is 0 Å². The van der Waals surface area contributed by atoms with E-state index in [4.69, 9.17) is 25.8 Å². The molecular formula is C25H33ClN5O9P. The fourth-order valence-electron chi connectivity index (χ4n) is 5.06. The average Bonchev–Trinajstić information content (AvgIpc) is 3.67. The number of aliphatic hydroxyl groups excluding tert-OH is 3. The number of nitrogens with zero attached hydrogens (tertiary/aromatic N) is 4. The Balaban J connectivity index is 1.30. The predicted octanol–water partition coefficient (Wildman–Crippen LogP) is 1.55. The first kappa shape index (κ1) is 30.2. The van der Waals surface area contributed by atoms with E-state index in [1.54, 1.807) is 24.3 Å². The lowest BCUT2D eigenvalue weighted by Crippen LogP contribution is -2.45. The second-order valence-corrected chi connectivity index (χ2v) is 12.5. The van der Waals surface area contributed by atoms with Crippen molar-refractivity contribution in [3.8, 4) is 0 Å². The van der Waals surface area contributed by atoms with E-state index >= 15 is 0 Å². The molecule has 14 nitrogen and oxygen atoms in total. The Hall–Kier alpha value is -2.23. The molecule has 0 unspecified atom stereocenters. The van der Waals surface area contributed by atoms with Gasteiger partial charge in [-0.1, -0.05) is 43.2 Å². The summed E-state index contributed by atoms with van der Waals surface area (Å²) in [7, 11) is -5.09. The fourth-order valence-corrected chi connectivity index (χ4v) is 5.91. The number of aromatic nitrogens is 4. The topological polar surface area (TPSA) is 202 Å². The number of ether oxygens (including phenoxy) is 3. The van der Waals surface area contributed by atoms with Crippen LogP contribution in [0.4, 0.5) is 5.82 Å². The van der Waals surface area contributed by atoms with Crippen molar-refractivity contribution in [1.29, 1.82) is 0 Å². The second-order valence-electron chi connectivity index (χ2n) is 10.3. The summed E-state index contributed by atoms with van der Waals surface area (Å²) in [6, 6.07) is 9.17. The number of anilines is 1. The van der Waals surface area contributed by atoms with Gasteiger partial charge in [0.05, 0.1) is 38.0 Å². The van der Waals surface area contributed by atoms with E-state index < -0.39 is 57.3 Å². The molecule has 2 aromatic heterocycles. The van der Waals surface area contributed by atoms with Crippen LogP contribution in [0.1, 0.15) is 37.5 Å². The van der Waals surface area contributed by atoms with Crippen LogP contribution in [0.3, 0.4) is 0 Å². The summed E-state index contributed by atoms with van der Waals surface area (Å²) in [5.74, 6) is 0.496. The highest BCUT2D eigenvalue weighted by Gasteiger charge is 2.51. The van der Waals surface area contributed by atoms with Crippen LogP contribution in [-0.4, -0.2) is 94.4 Å². The highest BCUT2D eigenvalue weighted by atomic mass is 35.5. The highest BCUT2D eigenvalue weighted by molar-refractivity contribution is 7.53. The molecule has 0 bridgehead atoms. The molecule has 5 atom stereocenters. The minimum absolute atomic E-state index is 0.0175. The van der Waals surface area contributed by atoms with E-state index in [-0.39, 0.29) is 23.6 Å². The van der Waals surface area contributed by atoms with E-state index in [1.165, 1.54) is 10.9 Å². The highest BCUT2D eigenvalue weighted by Crippen LogP contribution is 2.51. The Kier molecular flexibility index (Phi) is 9.26. The smallest absolute Gasteiger partial charge is 0.361 e. The molecule has 0 radical (unpaired) electrons. The minimum Gasteiger partial charge on any atom is -0.393 e. The molecule has 16 heteroatoms. The molecule has 1 aliphatic heterocycles. The molecule has 3 aromatic rings. The van der Waals surface area contributed by atoms with E-state index in [9.17, 15) is 29.7 Å². The maximum atomic E-state index is 12.4. The van der Waals surface area contributed by atoms with Crippen molar-refractivity contribution in [3.05, 3.63) is 47.4 Å². The Morgan fingerprint density at radius 2 is 1.88 bits per heavy atom. The van der Waals surface area contributed by atoms with Gasteiger partial charge in [0, 0.05) is 6.04 Å². The molecule has 0 amide bonds. The number of benzene rings is 1. The largest absolute Gasteiger partial charge is 0.393 e. The zero-order valence-electron chi connectivity index (χ0n) is 22.0. The Bertz CT molecular complexity index is 1370. The van der Waals surface area contributed by atoms with Crippen molar-refractivity contribution >= 4 is 36.0 Å². The normalized spacial score (nSPS) is 25.1. The van der Waals surface area contributed by atoms with Crippen LogP contribution in [0.25, 0.3) is 11.0 Å². The number of nitrogens with one attached hydrogen (secondary N) is 1. The zero-order chi connectivity index (χ0) is 29.2. The quantitative estimate of drug-likeness (QED) is 0.127. The number of aliphatic hydroxyl groups is 3. The Labute approximate surface area is 240 Å². The van der Waals surface area contributed by atoms with E-state index in [0.29, 0.717) is 11.2 Å². The standard InChI is InChI=1S/C25H33ClN5O9P/c26-24-29-21(28-16-8-4-5-9-16)17-10-27-31(22(17)30-24)23-20(34)19(33)18(40-23)12-39-25(13-32,41(35,36)37)14-38-11-15-6-2-1-3-7-15/h1-3,6-7,10,16,18-20,23,32-34H,4-5,8-9,11-14H2,(H,28,29,30)(H2,35,36,37)/t18-,19-,20-,23-,25+/m1/s1. The van der Waals surface area contributed by atoms with Crippen LogP contribution in [0.5, 0.6) is 0 Å². The van der Waals surface area contributed by atoms with E-state index in [0.717, 1.165) is 31.2 Å².